The van der Waals surface area contributed by atoms with Crippen molar-refractivity contribution < 1.29 is 14.3 Å². The normalized spacial score (nSPS) is 10.8. The van der Waals surface area contributed by atoms with Gasteiger partial charge in [-0.3, -0.25) is 14.0 Å². The van der Waals surface area contributed by atoms with Gasteiger partial charge in [-0.05, 0) is 18.2 Å². The zero-order valence-corrected chi connectivity index (χ0v) is 13.3. The van der Waals surface area contributed by atoms with Crippen molar-refractivity contribution in [2.75, 3.05) is 13.7 Å². The van der Waals surface area contributed by atoms with Crippen LogP contribution in [0.15, 0.2) is 41.6 Å². The van der Waals surface area contributed by atoms with Gasteiger partial charge in [0.05, 0.1) is 19.2 Å². The standard InChI is InChI=1S/C16H16N4O4/c1-19-9-13-14(18-19)17-10-20(15(13)21)6-7-24-12-5-3-4-11(8-12)16(22)23-2/h3-5,8-10H,6-7H2,1-2H3. The number of carbonyl (C=O) groups is 1. The summed E-state index contributed by atoms with van der Waals surface area (Å²) in [7, 11) is 3.06. The molecule has 0 amide bonds. The highest BCUT2D eigenvalue weighted by Crippen LogP contribution is 2.14. The summed E-state index contributed by atoms with van der Waals surface area (Å²) >= 11 is 0. The van der Waals surface area contributed by atoms with Crippen LogP contribution in [0.4, 0.5) is 0 Å². The molecule has 0 saturated carbocycles. The first kappa shape index (κ1) is 15.7. The Morgan fingerprint density at radius 2 is 2.17 bits per heavy atom. The molecule has 0 atom stereocenters. The van der Waals surface area contributed by atoms with Gasteiger partial charge in [0.15, 0.2) is 5.65 Å². The third-order valence-corrected chi connectivity index (χ3v) is 3.48. The predicted octanol–water partition coefficient (Wildman–Crippen LogP) is 0.996. The number of nitrogens with zero attached hydrogens (tertiary/aromatic N) is 4. The third-order valence-electron chi connectivity index (χ3n) is 3.48. The molecule has 0 saturated heterocycles. The molecule has 3 rings (SSSR count). The molecule has 2 aromatic heterocycles. The SMILES string of the molecule is COC(=O)c1cccc(OCCn2cnc3nn(C)cc3c2=O)c1. The van der Waals surface area contributed by atoms with E-state index in [1.165, 1.54) is 18.0 Å². The van der Waals surface area contributed by atoms with Gasteiger partial charge < -0.3 is 9.47 Å². The molecule has 0 bridgehead atoms. The van der Waals surface area contributed by atoms with Crippen LogP contribution in [0.25, 0.3) is 11.0 Å². The first-order chi connectivity index (χ1) is 11.6. The number of ether oxygens (including phenoxy) is 2. The summed E-state index contributed by atoms with van der Waals surface area (Å²) in [4.78, 5) is 28.0. The van der Waals surface area contributed by atoms with Gasteiger partial charge in [-0.2, -0.15) is 5.10 Å². The smallest absolute Gasteiger partial charge is 0.337 e. The van der Waals surface area contributed by atoms with E-state index in [0.29, 0.717) is 28.9 Å². The Kier molecular flexibility index (Phi) is 4.28. The fourth-order valence-corrected chi connectivity index (χ4v) is 2.31. The summed E-state index contributed by atoms with van der Waals surface area (Å²) in [5.41, 5.74) is 0.663. The second-order valence-corrected chi connectivity index (χ2v) is 5.15. The lowest BCUT2D eigenvalue weighted by molar-refractivity contribution is 0.0600. The number of aromatic nitrogens is 4. The lowest BCUT2D eigenvalue weighted by atomic mass is 10.2. The number of aryl methyl sites for hydroxylation is 1. The summed E-state index contributed by atoms with van der Waals surface area (Å²) in [6, 6.07) is 6.68. The van der Waals surface area contributed by atoms with E-state index in [-0.39, 0.29) is 12.2 Å². The Bertz CT molecular complexity index is 945. The van der Waals surface area contributed by atoms with Gasteiger partial charge in [0.25, 0.3) is 5.56 Å². The quantitative estimate of drug-likeness (QED) is 0.649. The van der Waals surface area contributed by atoms with Crippen molar-refractivity contribution in [1.29, 1.82) is 0 Å². The molecule has 124 valence electrons. The van der Waals surface area contributed by atoms with Gasteiger partial charge in [0.2, 0.25) is 0 Å². The number of benzene rings is 1. The molecule has 24 heavy (non-hydrogen) atoms. The maximum absolute atomic E-state index is 12.3. The van der Waals surface area contributed by atoms with Gasteiger partial charge >= 0.3 is 5.97 Å². The highest BCUT2D eigenvalue weighted by atomic mass is 16.5. The topological polar surface area (TPSA) is 88.2 Å². The van der Waals surface area contributed by atoms with E-state index in [2.05, 4.69) is 14.8 Å². The van der Waals surface area contributed by atoms with Gasteiger partial charge in [-0.15, -0.1) is 0 Å². The van der Waals surface area contributed by atoms with Crippen molar-refractivity contribution in [3.8, 4) is 5.75 Å². The molecule has 0 radical (unpaired) electrons. The number of hydrogen-bond donors (Lipinski definition) is 0. The first-order valence-corrected chi connectivity index (χ1v) is 7.28. The van der Waals surface area contributed by atoms with E-state index < -0.39 is 5.97 Å². The molecule has 1 aromatic carbocycles. The van der Waals surface area contributed by atoms with E-state index in [1.807, 2.05) is 0 Å². The zero-order chi connectivity index (χ0) is 17.1. The van der Waals surface area contributed by atoms with Crippen molar-refractivity contribution in [2.45, 2.75) is 6.54 Å². The zero-order valence-electron chi connectivity index (χ0n) is 13.3. The average Bonchev–Trinajstić information content (AvgIpc) is 2.98. The maximum atomic E-state index is 12.3. The second kappa shape index (κ2) is 6.53. The molecule has 0 aliphatic carbocycles. The predicted molar refractivity (Wildman–Crippen MR) is 86.0 cm³/mol. The van der Waals surface area contributed by atoms with Crippen molar-refractivity contribution in [1.82, 2.24) is 19.3 Å². The Labute approximate surface area is 137 Å². The minimum Gasteiger partial charge on any atom is -0.492 e. The molecule has 0 unspecified atom stereocenters. The molecule has 0 fully saturated rings. The van der Waals surface area contributed by atoms with Crippen LogP contribution in [0.5, 0.6) is 5.75 Å². The summed E-state index contributed by atoms with van der Waals surface area (Å²) in [5.74, 6) is 0.101. The number of carbonyl (C=O) groups excluding carboxylic acids is 1. The van der Waals surface area contributed by atoms with Crippen LogP contribution in [-0.4, -0.2) is 39.0 Å². The van der Waals surface area contributed by atoms with Crippen molar-refractivity contribution >= 4 is 17.0 Å². The Morgan fingerprint density at radius 3 is 2.96 bits per heavy atom. The van der Waals surface area contributed by atoms with Gasteiger partial charge in [-0.1, -0.05) is 6.07 Å². The van der Waals surface area contributed by atoms with E-state index in [4.69, 9.17) is 4.74 Å². The summed E-state index contributed by atoms with van der Waals surface area (Å²) in [6.07, 6.45) is 3.09. The lowest BCUT2D eigenvalue weighted by Crippen LogP contribution is -2.23. The summed E-state index contributed by atoms with van der Waals surface area (Å²) in [5, 5.41) is 4.56. The van der Waals surface area contributed by atoms with E-state index in [9.17, 15) is 9.59 Å². The lowest BCUT2D eigenvalue weighted by Gasteiger charge is -2.08. The minimum atomic E-state index is -0.428. The number of rotatable bonds is 5. The van der Waals surface area contributed by atoms with Crippen LogP contribution in [0.2, 0.25) is 0 Å². The Morgan fingerprint density at radius 1 is 1.33 bits per heavy atom. The highest BCUT2D eigenvalue weighted by Gasteiger charge is 2.08. The monoisotopic (exact) mass is 328 g/mol. The summed E-state index contributed by atoms with van der Waals surface area (Å²) in [6.45, 7) is 0.594. The first-order valence-electron chi connectivity index (χ1n) is 7.28. The minimum absolute atomic E-state index is 0.167. The van der Waals surface area contributed by atoms with E-state index in [1.54, 1.807) is 42.2 Å². The van der Waals surface area contributed by atoms with Crippen LogP contribution in [0, 0.1) is 0 Å². The van der Waals surface area contributed by atoms with Crippen LogP contribution in [-0.2, 0) is 18.3 Å². The van der Waals surface area contributed by atoms with Crippen LogP contribution in [0.3, 0.4) is 0 Å². The fraction of sp³-hybridized carbons (Fsp3) is 0.250. The van der Waals surface area contributed by atoms with Crippen LogP contribution in [0.1, 0.15) is 10.4 Å². The Hall–Kier alpha value is -3.16. The number of esters is 1. The third kappa shape index (κ3) is 3.12. The number of methoxy groups -OCH3 is 1. The molecule has 0 aliphatic rings. The van der Waals surface area contributed by atoms with Crippen molar-refractivity contribution in [3.63, 3.8) is 0 Å². The van der Waals surface area contributed by atoms with Crippen LogP contribution < -0.4 is 10.3 Å². The average molecular weight is 328 g/mol. The molecule has 8 heteroatoms. The molecule has 8 nitrogen and oxygen atoms in total. The maximum Gasteiger partial charge on any atom is 0.337 e. The number of fused-ring (bicyclic) bond motifs is 1. The summed E-state index contributed by atoms with van der Waals surface area (Å²) < 4.78 is 13.3. The fourth-order valence-electron chi connectivity index (χ4n) is 2.31. The highest BCUT2D eigenvalue weighted by molar-refractivity contribution is 5.89. The molecular weight excluding hydrogens is 312 g/mol. The molecule has 0 spiro atoms. The molecule has 0 aliphatic heterocycles. The van der Waals surface area contributed by atoms with Gasteiger partial charge in [-0.25, -0.2) is 9.78 Å². The molecular formula is C16H16N4O4. The van der Waals surface area contributed by atoms with Crippen molar-refractivity contribution in [3.05, 3.63) is 52.7 Å². The Balaban J connectivity index is 1.70. The van der Waals surface area contributed by atoms with Gasteiger partial charge in [0.1, 0.15) is 24.1 Å². The van der Waals surface area contributed by atoms with Gasteiger partial charge in [0, 0.05) is 13.2 Å². The second-order valence-electron chi connectivity index (χ2n) is 5.15. The molecule has 3 aromatic rings. The van der Waals surface area contributed by atoms with E-state index >= 15 is 0 Å². The molecule has 2 heterocycles. The van der Waals surface area contributed by atoms with E-state index in [0.717, 1.165) is 0 Å². The number of hydrogen-bond acceptors (Lipinski definition) is 6. The largest absolute Gasteiger partial charge is 0.492 e. The van der Waals surface area contributed by atoms with Crippen molar-refractivity contribution in [2.24, 2.45) is 7.05 Å². The molecule has 0 N–H and O–H groups in total. The van der Waals surface area contributed by atoms with Crippen LogP contribution >= 0.6 is 0 Å².